The summed E-state index contributed by atoms with van der Waals surface area (Å²) in [4.78, 5) is 13.8. The van der Waals surface area contributed by atoms with Gasteiger partial charge in [0.2, 0.25) is 15.7 Å². The van der Waals surface area contributed by atoms with Crippen molar-refractivity contribution in [3.8, 4) is 11.5 Å². The lowest BCUT2D eigenvalue weighted by atomic mass is 9.90. The number of carbonyl (C=O) groups is 1. The molecule has 1 unspecified atom stereocenters. The van der Waals surface area contributed by atoms with Gasteiger partial charge in [0.05, 0.1) is 17.2 Å². The SMILES string of the molecule is C=CCOc1ccc(C2CC(=O)Nc3c(S(=O)(=O)c4ccc(C)cc4)csc32)cc1OCC. The number of carbonyl (C=O) groups excluding carboxylic acids is 1. The summed E-state index contributed by atoms with van der Waals surface area (Å²) >= 11 is 1.34. The predicted octanol–water partition coefficient (Wildman–Crippen LogP) is 5.33. The van der Waals surface area contributed by atoms with E-state index in [0.717, 1.165) is 16.0 Å². The van der Waals surface area contributed by atoms with Crippen molar-refractivity contribution >= 4 is 32.8 Å². The average molecular weight is 484 g/mol. The highest BCUT2D eigenvalue weighted by Gasteiger charge is 2.34. The van der Waals surface area contributed by atoms with Gasteiger partial charge in [-0.3, -0.25) is 4.79 Å². The predicted molar refractivity (Wildman–Crippen MR) is 129 cm³/mol. The van der Waals surface area contributed by atoms with Crippen LogP contribution < -0.4 is 14.8 Å². The van der Waals surface area contributed by atoms with Gasteiger partial charge in [0.1, 0.15) is 11.5 Å². The number of benzene rings is 2. The molecule has 4 rings (SSSR count). The van der Waals surface area contributed by atoms with Gasteiger partial charge < -0.3 is 14.8 Å². The fourth-order valence-electron chi connectivity index (χ4n) is 3.79. The monoisotopic (exact) mass is 483 g/mol. The zero-order chi connectivity index (χ0) is 23.6. The molecule has 172 valence electrons. The van der Waals surface area contributed by atoms with Crippen LogP contribution in [0.1, 0.15) is 35.3 Å². The summed E-state index contributed by atoms with van der Waals surface area (Å²) in [7, 11) is -3.78. The fourth-order valence-corrected chi connectivity index (χ4v) is 6.70. The van der Waals surface area contributed by atoms with Crippen LogP contribution >= 0.6 is 11.3 Å². The Hall–Kier alpha value is -3.10. The molecule has 0 radical (unpaired) electrons. The van der Waals surface area contributed by atoms with Crippen LogP contribution in [0.25, 0.3) is 0 Å². The molecule has 0 fully saturated rings. The van der Waals surface area contributed by atoms with Crippen LogP contribution in [0.5, 0.6) is 11.5 Å². The topological polar surface area (TPSA) is 81.7 Å². The van der Waals surface area contributed by atoms with E-state index in [2.05, 4.69) is 11.9 Å². The number of fused-ring (bicyclic) bond motifs is 1. The standard InChI is InChI=1S/C25H25NO5S2/c1-4-12-31-20-11-8-17(13-21(20)30-5-2)19-14-23(27)26-24-22(15-32-25(19)24)33(28,29)18-9-6-16(3)7-10-18/h4,6-11,13,15,19H,1,5,12,14H2,2-3H3,(H,26,27). The number of nitrogens with one attached hydrogen (secondary N) is 1. The number of amides is 1. The molecular formula is C25H25NO5S2. The van der Waals surface area contributed by atoms with Crippen LogP contribution in [0.2, 0.25) is 0 Å². The lowest BCUT2D eigenvalue weighted by Gasteiger charge is -2.24. The van der Waals surface area contributed by atoms with Crippen LogP contribution in [0.4, 0.5) is 5.69 Å². The first-order valence-corrected chi connectivity index (χ1v) is 12.9. The number of hydrogen-bond donors (Lipinski definition) is 1. The molecule has 1 aliphatic rings. The zero-order valence-electron chi connectivity index (χ0n) is 18.5. The number of sulfone groups is 1. The van der Waals surface area contributed by atoms with Crippen molar-refractivity contribution in [1.29, 1.82) is 0 Å². The summed E-state index contributed by atoms with van der Waals surface area (Å²) in [6.07, 6.45) is 1.87. The first-order chi connectivity index (χ1) is 15.8. The Morgan fingerprint density at radius 2 is 1.91 bits per heavy atom. The minimum atomic E-state index is -3.78. The summed E-state index contributed by atoms with van der Waals surface area (Å²) in [5, 5.41) is 4.41. The maximum atomic E-state index is 13.3. The van der Waals surface area contributed by atoms with Crippen LogP contribution in [0, 0.1) is 6.92 Å². The summed E-state index contributed by atoms with van der Waals surface area (Å²) < 4.78 is 38.1. The maximum absolute atomic E-state index is 13.3. The highest BCUT2D eigenvalue weighted by Crippen LogP contribution is 2.47. The molecule has 0 saturated heterocycles. The van der Waals surface area contributed by atoms with E-state index in [0.29, 0.717) is 30.4 Å². The van der Waals surface area contributed by atoms with E-state index in [-0.39, 0.29) is 28.0 Å². The molecule has 1 atom stereocenters. The number of thiophene rings is 1. The number of aryl methyl sites for hydroxylation is 1. The van der Waals surface area contributed by atoms with Crippen LogP contribution in [-0.2, 0) is 14.6 Å². The molecule has 0 spiro atoms. The minimum absolute atomic E-state index is 0.125. The quantitative estimate of drug-likeness (QED) is 0.438. The van der Waals surface area contributed by atoms with Gasteiger partial charge >= 0.3 is 0 Å². The van der Waals surface area contributed by atoms with Gasteiger partial charge in [0.15, 0.2) is 11.5 Å². The molecule has 2 heterocycles. The van der Waals surface area contributed by atoms with Gasteiger partial charge in [-0.15, -0.1) is 11.3 Å². The molecule has 1 amide bonds. The number of ether oxygens (including phenoxy) is 2. The van der Waals surface area contributed by atoms with Crippen LogP contribution in [-0.4, -0.2) is 27.5 Å². The lowest BCUT2D eigenvalue weighted by molar-refractivity contribution is -0.116. The van der Waals surface area contributed by atoms with Gasteiger partial charge in [-0.2, -0.15) is 0 Å². The fraction of sp³-hybridized carbons (Fsp3) is 0.240. The van der Waals surface area contributed by atoms with Crippen molar-refractivity contribution in [2.45, 2.75) is 36.0 Å². The van der Waals surface area contributed by atoms with Gasteiger partial charge in [0.25, 0.3) is 0 Å². The molecule has 1 aromatic heterocycles. The molecule has 8 heteroatoms. The highest BCUT2D eigenvalue weighted by molar-refractivity contribution is 7.91. The number of rotatable bonds is 8. The largest absolute Gasteiger partial charge is 0.490 e. The Bertz CT molecular complexity index is 1290. The molecule has 1 N–H and O–H groups in total. The average Bonchev–Trinajstić information content (AvgIpc) is 3.23. The van der Waals surface area contributed by atoms with E-state index in [9.17, 15) is 13.2 Å². The number of anilines is 1. The van der Waals surface area contributed by atoms with Crippen molar-refractivity contribution in [3.05, 3.63) is 76.5 Å². The first-order valence-electron chi connectivity index (χ1n) is 10.6. The van der Waals surface area contributed by atoms with E-state index < -0.39 is 9.84 Å². The van der Waals surface area contributed by atoms with E-state index in [1.165, 1.54) is 11.3 Å². The third-order valence-electron chi connectivity index (χ3n) is 5.40. The molecule has 1 aliphatic heterocycles. The van der Waals surface area contributed by atoms with E-state index in [4.69, 9.17) is 9.47 Å². The van der Waals surface area contributed by atoms with Crippen LogP contribution in [0.15, 0.2) is 70.3 Å². The van der Waals surface area contributed by atoms with Crippen molar-refractivity contribution in [2.75, 3.05) is 18.5 Å². The molecule has 0 saturated carbocycles. The second-order valence-corrected chi connectivity index (χ2v) is 10.5. The third-order valence-corrected chi connectivity index (χ3v) is 8.44. The van der Waals surface area contributed by atoms with Gasteiger partial charge in [-0.05, 0) is 43.7 Å². The van der Waals surface area contributed by atoms with E-state index in [1.54, 1.807) is 35.7 Å². The van der Waals surface area contributed by atoms with Crippen molar-refractivity contribution in [3.63, 3.8) is 0 Å². The molecule has 0 aliphatic carbocycles. The van der Waals surface area contributed by atoms with Crippen LogP contribution in [0.3, 0.4) is 0 Å². The Kier molecular flexibility index (Phi) is 6.58. The Balaban J connectivity index is 1.76. The molecule has 3 aromatic rings. The Morgan fingerprint density at radius 1 is 1.15 bits per heavy atom. The molecule has 0 bridgehead atoms. The van der Waals surface area contributed by atoms with Crippen molar-refractivity contribution in [2.24, 2.45) is 0 Å². The molecule has 33 heavy (non-hydrogen) atoms. The lowest BCUT2D eigenvalue weighted by Crippen LogP contribution is -2.23. The summed E-state index contributed by atoms with van der Waals surface area (Å²) in [5.41, 5.74) is 2.20. The van der Waals surface area contributed by atoms with Crippen molar-refractivity contribution in [1.82, 2.24) is 0 Å². The molecule has 6 nitrogen and oxygen atoms in total. The first kappa shape index (κ1) is 23.1. The minimum Gasteiger partial charge on any atom is -0.490 e. The Labute approximate surface area is 197 Å². The van der Waals surface area contributed by atoms with E-state index in [1.807, 2.05) is 32.0 Å². The molecular weight excluding hydrogens is 458 g/mol. The summed E-state index contributed by atoms with van der Waals surface area (Å²) in [5.74, 6) is 0.660. The summed E-state index contributed by atoms with van der Waals surface area (Å²) in [6, 6.07) is 12.3. The normalized spacial score (nSPS) is 15.5. The van der Waals surface area contributed by atoms with Crippen molar-refractivity contribution < 1.29 is 22.7 Å². The van der Waals surface area contributed by atoms with Gasteiger partial charge in [-0.1, -0.05) is 36.4 Å². The number of hydrogen-bond acceptors (Lipinski definition) is 6. The summed E-state index contributed by atoms with van der Waals surface area (Å²) in [6.45, 7) is 8.26. The maximum Gasteiger partial charge on any atom is 0.225 e. The second kappa shape index (κ2) is 9.41. The van der Waals surface area contributed by atoms with Gasteiger partial charge in [0, 0.05) is 22.6 Å². The second-order valence-electron chi connectivity index (χ2n) is 7.70. The van der Waals surface area contributed by atoms with E-state index >= 15 is 0 Å². The molecule has 2 aromatic carbocycles. The smallest absolute Gasteiger partial charge is 0.225 e. The zero-order valence-corrected chi connectivity index (χ0v) is 20.1. The van der Waals surface area contributed by atoms with Gasteiger partial charge in [-0.25, -0.2) is 8.42 Å². The highest BCUT2D eigenvalue weighted by atomic mass is 32.2. The third kappa shape index (κ3) is 4.54. The Morgan fingerprint density at radius 3 is 2.61 bits per heavy atom.